The van der Waals surface area contributed by atoms with Crippen molar-refractivity contribution in [3.8, 4) is 5.75 Å². The van der Waals surface area contributed by atoms with E-state index in [1.54, 1.807) is 18.2 Å². The minimum Gasteiger partial charge on any atom is -0.406 e. The Balaban J connectivity index is 1.69. The predicted molar refractivity (Wildman–Crippen MR) is 107 cm³/mol. The topological polar surface area (TPSA) is 84.5 Å². The third-order valence-electron chi connectivity index (χ3n) is 4.49. The molecule has 2 aromatic carbocycles. The summed E-state index contributed by atoms with van der Waals surface area (Å²) < 4.78 is 41.4. The second-order valence-corrected chi connectivity index (χ2v) is 7.51. The van der Waals surface area contributed by atoms with Gasteiger partial charge in [0.05, 0.1) is 10.0 Å². The second kappa shape index (κ2) is 9.15. The Kier molecular flexibility index (Phi) is 6.76. The number of Topliss-reactive ketones (excluding diaryl/α,β-unsaturated/α-hetero) is 1. The van der Waals surface area contributed by atoms with E-state index in [0.29, 0.717) is 22.9 Å². The number of fused-ring (bicyclic) bond motifs is 1. The lowest BCUT2D eigenvalue weighted by molar-refractivity contribution is -0.274. The molecular weight excluding hydrogens is 460 g/mol. The minimum absolute atomic E-state index is 0.0649. The molecule has 3 rings (SSSR count). The number of ketones is 1. The Morgan fingerprint density at radius 3 is 2.52 bits per heavy atom. The van der Waals surface area contributed by atoms with E-state index in [9.17, 15) is 27.6 Å². The number of amides is 2. The molecule has 0 aliphatic carbocycles. The number of halogens is 5. The van der Waals surface area contributed by atoms with E-state index in [2.05, 4.69) is 15.4 Å². The summed E-state index contributed by atoms with van der Waals surface area (Å²) in [7, 11) is 0. The number of rotatable bonds is 6. The number of hydrogen-bond acceptors (Lipinski definition) is 4. The van der Waals surface area contributed by atoms with Gasteiger partial charge in [0.25, 0.3) is 5.91 Å². The van der Waals surface area contributed by atoms with Crippen LogP contribution in [0.1, 0.15) is 23.5 Å². The lowest BCUT2D eigenvalue weighted by Gasteiger charge is -2.24. The van der Waals surface area contributed by atoms with Crippen LogP contribution in [-0.2, 0) is 20.8 Å². The maximum absolute atomic E-state index is 12.6. The fourth-order valence-corrected chi connectivity index (χ4v) is 3.43. The van der Waals surface area contributed by atoms with Crippen molar-refractivity contribution in [1.82, 2.24) is 5.32 Å². The predicted octanol–water partition coefficient (Wildman–Crippen LogP) is 4.25. The second-order valence-electron chi connectivity index (χ2n) is 6.69. The van der Waals surface area contributed by atoms with Crippen molar-refractivity contribution in [2.24, 2.45) is 0 Å². The highest BCUT2D eigenvalue weighted by atomic mass is 35.5. The lowest BCUT2D eigenvalue weighted by Crippen LogP contribution is -2.42. The molecule has 2 amide bonds. The van der Waals surface area contributed by atoms with Crippen LogP contribution in [0.25, 0.3) is 0 Å². The number of nitrogens with one attached hydrogen (secondary N) is 2. The molecule has 0 bridgehead atoms. The first-order valence-corrected chi connectivity index (χ1v) is 9.77. The van der Waals surface area contributed by atoms with Gasteiger partial charge in [0, 0.05) is 12.2 Å². The number of alkyl halides is 3. The molecule has 2 N–H and O–H groups in total. The van der Waals surface area contributed by atoms with Crippen LogP contribution in [0.2, 0.25) is 10.0 Å². The van der Waals surface area contributed by atoms with Crippen LogP contribution in [0.4, 0.5) is 18.9 Å². The third-order valence-corrected chi connectivity index (χ3v) is 5.23. The van der Waals surface area contributed by atoms with Crippen molar-refractivity contribution < 1.29 is 32.3 Å². The summed E-state index contributed by atoms with van der Waals surface area (Å²) >= 11 is 11.8. The summed E-state index contributed by atoms with van der Waals surface area (Å²) in [6.45, 7) is 0.165. The van der Waals surface area contributed by atoms with Gasteiger partial charge in [0.2, 0.25) is 11.7 Å². The number of ether oxygens (including phenoxy) is 1. The maximum atomic E-state index is 12.6. The average molecular weight is 475 g/mol. The monoisotopic (exact) mass is 474 g/mol. The van der Waals surface area contributed by atoms with Gasteiger partial charge in [-0.25, -0.2) is 0 Å². The first kappa shape index (κ1) is 22.9. The Labute approximate surface area is 184 Å². The van der Waals surface area contributed by atoms with E-state index >= 15 is 0 Å². The number of benzene rings is 2. The summed E-state index contributed by atoms with van der Waals surface area (Å²) in [6, 6.07) is 8.16. The van der Waals surface area contributed by atoms with Crippen LogP contribution in [0.3, 0.4) is 0 Å². The molecule has 164 valence electrons. The van der Waals surface area contributed by atoms with Crippen LogP contribution in [0.5, 0.6) is 5.75 Å². The molecule has 1 heterocycles. The van der Waals surface area contributed by atoms with Crippen LogP contribution in [-0.4, -0.2) is 30.5 Å². The van der Waals surface area contributed by atoms with Gasteiger partial charge in [-0.1, -0.05) is 29.3 Å². The highest BCUT2D eigenvalue weighted by Crippen LogP contribution is 2.35. The molecule has 2 aromatic rings. The van der Waals surface area contributed by atoms with Crippen LogP contribution in [0, 0.1) is 0 Å². The number of hydrogen-bond donors (Lipinski definition) is 2. The SMILES string of the molecule is O=C1Nc2ccc(OC(F)(F)F)cc2C(C(=O)NCCCc2ccc(Cl)c(Cl)c2)C1=O. The van der Waals surface area contributed by atoms with Gasteiger partial charge in [-0.15, -0.1) is 13.2 Å². The smallest absolute Gasteiger partial charge is 0.406 e. The first-order valence-electron chi connectivity index (χ1n) is 9.01. The van der Waals surface area contributed by atoms with Gasteiger partial charge >= 0.3 is 6.36 Å². The van der Waals surface area contributed by atoms with Crippen LogP contribution in [0.15, 0.2) is 36.4 Å². The van der Waals surface area contributed by atoms with Crippen molar-refractivity contribution in [2.45, 2.75) is 25.1 Å². The van der Waals surface area contributed by atoms with Gasteiger partial charge in [0.1, 0.15) is 11.7 Å². The zero-order chi connectivity index (χ0) is 22.8. The molecular formula is C20H15Cl2F3N2O4. The molecule has 1 aliphatic rings. The summed E-state index contributed by atoms with van der Waals surface area (Å²) in [6.07, 6.45) is -3.91. The maximum Gasteiger partial charge on any atom is 0.573 e. The normalized spacial score (nSPS) is 15.8. The first-order chi connectivity index (χ1) is 14.5. The van der Waals surface area contributed by atoms with Gasteiger partial charge < -0.3 is 15.4 Å². The molecule has 0 fully saturated rings. The van der Waals surface area contributed by atoms with Crippen molar-refractivity contribution in [1.29, 1.82) is 0 Å². The minimum atomic E-state index is -4.95. The van der Waals surface area contributed by atoms with E-state index in [-0.39, 0.29) is 17.8 Å². The number of carbonyl (C=O) groups excluding carboxylic acids is 3. The largest absolute Gasteiger partial charge is 0.573 e. The highest BCUT2D eigenvalue weighted by Gasteiger charge is 2.40. The quantitative estimate of drug-likeness (QED) is 0.372. The Morgan fingerprint density at radius 1 is 1.10 bits per heavy atom. The molecule has 0 saturated carbocycles. The summed E-state index contributed by atoms with van der Waals surface area (Å²) in [5.41, 5.74) is 0.875. The fraction of sp³-hybridized carbons (Fsp3) is 0.250. The van der Waals surface area contributed by atoms with E-state index in [1.165, 1.54) is 0 Å². The van der Waals surface area contributed by atoms with Crippen molar-refractivity contribution in [2.75, 3.05) is 11.9 Å². The van der Waals surface area contributed by atoms with Crippen molar-refractivity contribution in [3.05, 3.63) is 57.6 Å². The van der Waals surface area contributed by atoms with Crippen LogP contribution < -0.4 is 15.4 Å². The van der Waals surface area contributed by atoms with E-state index in [1.807, 2.05) is 0 Å². The van der Waals surface area contributed by atoms with Gasteiger partial charge in [-0.05, 0) is 54.3 Å². The molecule has 1 aliphatic heterocycles. The Hall–Kier alpha value is -2.78. The number of carbonyl (C=O) groups is 3. The average Bonchev–Trinajstić information content (AvgIpc) is 2.68. The number of aryl methyl sites for hydroxylation is 1. The lowest BCUT2D eigenvalue weighted by atomic mass is 9.88. The summed E-state index contributed by atoms with van der Waals surface area (Å²) in [5.74, 6) is -5.07. The van der Waals surface area contributed by atoms with E-state index in [4.69, 9.17) is 23.2 Å². The summed E-state index contributed by atoms with van der Waals surface area (Å²) in [5, 5.41) is 5.62. The third kappa shape index (κ3) is 5.68. The number of anilines is 1. The zero-order valence-electron chi connectivity index (χ0n) is 15.7. The molecule has 0 spiro atoms. The summed E-state index contributed by atoms with van der Waals surface area (Å²) in [4.78, 5) is 36.8. The van der Waals surface area contributed by atoms with E-state index < -0.39 is 35.6 Å². The van der Waals surface area contributed by atoms with Crippen molar-refractivity contribution in [3.63, 3.8) is 0 Å². The van der Waals surface area contributed by atoms with Gasteiger partial charge in [-0.3, -0.25) is 14.4 Å². The van der Waals surface area contributed by atoms with Crippen molar-refractivity contribution >= 4 is 46.5 Å². The molecule has 1 atom stereocenters. The molecule has 0 radical (unpaired) electrons. The van der Waals surface area contributed by atoms with E-state index in [0.717, 1.165) is 23.8 Å². The van der Waals surface area contributed by atoms with Crippen LogP contribution >= 0.6 is 23.2 Å². The fourth-order valence-electron chi connectivity index (χ4n) is 3.11. The van der Waals surface area contributed by atoms with Gasteiger partial charge in [0.15, 0.2) is 0 Å². The molecule has 31 heavy (non-hydrogen) atoms. The standard InChI is InChI=1S/C20H15Cl2F3N2O4/c21-13-5-3-10(8-14(13)22)2-1-7-26-18(29)16-12-9-11(31-20(23,24)25)4-6-15(12)27-19(30)17(16)28/h3-6,8-9,16H,1-2,7H2,(H,26,29)(H,27,30). The molecule has 0 saturated heterocycles. The Bertz CT molecular complexity index is 1040. The molecule has 11 heteroatoms. The molecule has 0 aromatic heterocycles. The molecule has 1 unspecified atom stereocenters. The Morgan fingerprint density at radius 2 is 1.84 bits per heavy atom. The van der Waals surface area contributed by atoms with Gasteiger partial charge in [-0.2, -0.15) is 0 Å². The molecule has 6 nitrogen and oxygen atoms in total. The highest BCUT2D eigenvalue weighted by molar-refractivity contribution is 6.47. The zero-order valence-corrected chi connectivity index (χ0v) is 17.2.